The first-order valence-electron chi connectivity index (χ1n) is 16.5. The molecule has 1 aromatic heterocycles. The first-order valence-corrected chi connectivity index (χ1v) is 16.5. The molecule has 1 aliphatic heterocycles. The molecule has 2 heterocycles. The van der Waals surface area contributed by atoms with Gasteiger partial charge in [-0.2, -0.15) is 0 Å². The summed E-state index contributed by atoms with van der Waals surface area (Å²) in [5.41, 5.74) is 0.254. The van der Waals surface area contributed by atoms with Gasteiger partial charge >= 0.3 is 29.8 Å². The molecule has 6 rings (SSSR count). The fourth-order valence-corrected chi connectivity index (χ4v) is 5.72. The van der Waals surface area contributed by atoms with Crippen molar-refractivity contribution in [2.45, 2.75) is 47.1 Å². The Morgan fingerprint density at radius 3 is 1.80 bits per heavy atom. The van der Waals surface area contributed by atoms with Crippen molar-refractivity contribution in [1.82, 2.24) is 0 Å². The third kappa shape index (κ3) is 8.52. The summed E-state index contributed by atoms with van der Waals surface area (Å²) < 4.78 is 44.6. The lowest BCUT2D eigenvalue weighted by Crippen LogP contribution is -2.22. The van der Waals surface area contributed by atoms with E-state index in [9.17, 15) is 33.6 Å². The summed E-state index contributed by atoms with van der Waals surface area (Å²) in [6.45, 7) is 5.86. The summed E-state index contributed by atoms with van der Waals surface area (Å²) >= 11 is 0. The number of rotatable bonds is 9. The zero-order valence-corrected chi connectivity index (χ0v) is 29.8. The Morgan fingerprint density at radius 1 is 0.600 bits per heavy atom. The average molecular weight is 751 g/mol. The van der Waals surface area contributed by atoms with E-state index in [-0.39, 0.29) is 74.7 Å². The van der Waals surface area contributed by atoms with Crippen molar-refractivity contribution in [2.24, 2.45) is 0 Å². The highest BCUT2D eigenvalue weighted by atomic mass is 16.6. The van der Waals surface area contributed by atoms with Gasteiger partial charge in [0.2, 0.25) is 5.75 Å². The van der Waals surface area contributed by atoms with Crippen molar-refractivity contribution in [3.8, 4) is 57.3 Å². The standard InChI is InChI=1S/C40H30O15/c1-19(41)48-26-10-6-24(7-11-26)32-17-30(47)38-35(55-32)18-36(51-22(4)44)39(40(38)52-23(5)45)53-27-12-8-25(9-13-27)31-16-29(46)37-33(50-21(3)43)14-28(49-20(2)42)15-34(37)54-31/h6-15,17-18,31H,16H2,1-5H3/t31-/m0/s1. The summed E-state index contributed by atoms with van der Waals surface area (Å²) in [5, 5.41) is -0.188. The SMILES string of the molecule is CC(=O)Oc1ccc(-c2cc(=O)c3c(OC(C)=O)c(Oc4ccc([C@@H]5CC(=O)c6c(OC(C)=O)cc(OC(C)=O)cc6O5)cc4)c(OC(C)=O)cc3o2)cc1. The fourth-order valence-electron chi connectivity index (χ4n) is 5.72. The zero-order valence-electron chi connectivity index (χ0n) is 29.8. The minimum atomic E-state index is -0.822. The topological polar surface area (TPSA) is 197 Å². The molecule has 5 aromatic rings. The van der Waals surface area contributed by atoms with E-state index in [1.165, 1.54) is 62.4 Å². The van der Waals surface area contributed by atoms with E-state index in [0.29, 0.717) is 11.1 Å². The van der Waals surface area contributed by atoms with Crippen molar-refractivity contribution in [3.05, 3.63) is 94.1 Å². The van der Waals surface area contributed by atoms with Gasteiger partial charge in [-0.3, -0.25) is 33.6 Å². The minimum absolute atomic E-state index is 0.00224. The first kappa shape index (κ1) is 37.5. The Balaban J connectivity index is 1.35. The molecule has 0 bridgehead atoms. The van der Waals surface area contributed by atoms with E-state index in [1.807, 2.05) is 0 Å². The van der Waals surface area contributed by atoms with Crippen molar-refractivity contribution in [1.29, 1.82) is 0 Å². The van der Waals surface area contributed by atoms with Crippen LogP contribution >= 0.6 is 0 Å². The second kappa shape index (κ2) is 15.4. The van der Waals surface area contributed by atoms with E-state index in [0.717, 1.165) is 20.8 Å². The van der Waals surface area contributed by atoms with Crippen molar-refractivity contribution >= 4 is 46.6 Å². The molecule has 0 spiro atoms. The van der Waals surface area contributed by atoms with Gasteiger partial charge in [-0.05, 0) is 42.0 Å². The molecule has 1 atom stereocenters. The third-order valence-corrected chi connectivity index (χ3v) is 7.74. The smallest absolute Gasteiger partial charge is 0.308 e. The Hall–Kier alpha value is -7.29. The van der Waals surface area contributed by atoms with Crippen LogP contribution in [-0.4, -0.2) is 35.6 Å². The van der Waals surface area contributed by atoms with Gasteiger partial charge < -0.3 is 37.6 Å². The quantitative estimate of drug-likeness (QED) is 0.115. The normalized spacial score (nSPS) is 13.2. The number of Topliss-reactive ketones (excluding diaryl/α,β-unsaturated/α-hetero) is 1. The maximum Gasteiger partial charge on any atom is 0.308 e. The van der Waals surface area contributed by atoms with Gasteiger partial charge in [0, 0.05) is 64.4 Å². The van der Waals surface area contributed by atoms with Crippen LogP contribution in [0.1, 0.15) is 63.1 Å². The monoisotopic (exact) mass is 750 g/mol. The number of esters is 5. The van der Waals surface area contributed by atoms with Crippen LogP contribution in [0.5, 0.6) is 46.0 Å². The highest BCUT2D eigenvalue weighted by Gasteiger charge is 2.33. The molecule has 15 heteroatoms. The maximum atomic E-state index is 13.6. The molecule has 0 aliphatic carbocycles. The molecule has 0 fully saturated rings. The summed E-state index contributed by atoms with van der Waals surface area (Å²) in [4.78, 5) is 86.2. The lowest BCUT2D eigenvalue weighted by atomic mass is 9.95. The van der Waals surface area contributed by atoms with E-state index in [4.69, 9.17) is 37.6 Å². The van der Waals surface area contributed by atoms with Gasteiger partial charge in [-0.15, -0.1) is 0 Å². The molecule has 0 unspecified atom stereocenters. The van der Waals surface area contributed by atoms with Gasteiger partial charge in [0.1, 0.15) is 57.1 Å². The van der Waals surface area contributed by atoms with Crippen LogP contribution in [0.25, 0.3) is 22.3 Å². The number of carbonyl (C=O) groups is 6. The third-order valence-electron chi connectivity index (χ3n) is 7.74. The summed E-state index contributed by atoms with van der Waals surface area (Å²) in [6, 6.07) is 17.4. The van der Waals surface area contributed by atoms with Gasteiger partial charge in [-0.1, -0.05) is 12.1 Å². The van der Waals surface area contributed by atoms with E-state index in [1.54, 1.807) is 24.3 Å². The maximum absolute atomic E-state index is 13.6. The lowest BCUT2D eigenvalue weighted by Gasteiger charge is -2.27. The molecular formula is C40H30O15. The van der Waals surface area contributed by atoms with Crippen LogP contribution in [0.15, 0.2) is 82.0 Å². The lowest BCUT2D eigenvalue weighted by molar-refractivity contribution is -0.133. The molecule has 55 heavy (non-hydrogen) atoms. The van der Waals surface area contributed by atoms with E-state index in [2.05, 4.69) is 0 Å². The highest BCUT2D eigenvalue weighted by molar-refractivity contribution is 6.03. The van der Waals surface area contributed by atoms with Crippen molar-refractivity contribution < 1.29 is 66.3 Å². The molecule has 0 saturated heterocycles. The highest BCUT2D eigenvalue weighted by Crippen LogP contribution is 2.47. The second-order valence-electron chi connectivity index (χ2n) is 12.1. The number of ether oxygens (including phenoxy) is 7. The first-order chi connectivity index (χ1) is 26.1. The van der Waals surface area contributed by atoms with Crippen LogP contribution in [-0.2, 0) is 24.0 Å². The predicted octanol–water partition coefficient (Wildman–Crippen LogP) is 6.59. The molecular weight excluding hydrogens is 720 g/mol. The van der Waals surface area contributed by atoms with Crippen LogP contribution in [0.2, 0.25) is 0 Å². The molecule has 0 saturated carbocycles. The molecule has 1 aliphatic rings. The van der Waals surface area contributed by atoms with Gasteiger partial charge in [0.25, 0.3) is 0 Å². The number of ketones is 1. The van der Waals surface area contributed by atoms with E-state index >= 15 is 0 Å². The van der Waals surface area contributed by atoms with Crippen LogP contribution in [0, 0.1) is 0 Å². The van der Waals surface area contributed by atoms with Crippen LogP contribution in [0.4, 0.5) is 0 Å². The van der Waals surface area contributed by atoms with Crippen molar-refractivity contribution in [3.63, 3.8) is 0 Å². The molecule has 0 amide bonds. The number of fused-ring (bicyclic) bond motifs is 2. The molecule has 4 aromatic carbocycles. The van der Waals surface area contributed by atoms with E-state index < -0.39 is 47.2 Å². The Labute approximate surface area is 311 Å². The van der Waals surface area contributed by atoms with Gasteiger partial charge in [0.05, 0.1) is 6.42 Å². The van der Waals surface area contributed by atoms with Crippen LogP contribution in [0.3, 0.4) is 0 Å². The molecule has 15 nitrogen and oxygen atoms in total. The Kier molecular flexibility index (Phi) is 10.5. The molecule has 0 N–H and O–H groups in total. The number of carbonyl (C=O) groups excluding carboxylic acids is 6. The van der Waals surface area contributed by atoms with Gasteiger partial charge in [0.15, 0.2) is 22.7 Å². The average Bonchev–Trinajstić information content (AvgIpc) is 3.08. The van der Waals surface area contributed by atoms with Crippen LogP contribution < -0.4 is 38.6 Å². The summed E-state index contributed by atoms with van der Waals surface area (Å²) in [7, 11) is 0. The fraction of sp³-hybridized carbons (Fsp3) is 0.175. The summed E-state index contributed by atoms with van der Waals surface area (Å²) in [6.07, 6.45) is -0.960. The van der Waals surface area contributed by atoms with Crippen molar-refractivity contribution in [2.75, 3.05) is 0 Å². The number of hydrogen-bond donors (Lipinski definition) is 0. The minimum Gasteiger partial charge on any atom is -0.484 e. The largest absolute Gasteiger partial charge is 0.484 e. The number of hydrogen-bond acceptors (Lipinski definition) is 15. The second-order valence-corrected chi connectivity index (χ2v) is 12.1. The predicted molar refractivity (Wildman–Crippen MR) is 190 cm³/mol. The van der Waals surface area contributed by atoms with Gasteiger partial charge in [-0.25, -0.2) is 0 Å². The molecule has 280 valence electrons. The zero-order chi connectivity index (χ0) is 39.6. The Bertz CT molecular complexity index is 2460. The summed E-state index contributed by atoms with van der Waals surface area (Å²) in [5.74, 6) is -4.28. The Morgan fingerprint density at radius 2 is 1.18 bits per heavy atom. The number of benzene rings is 4. The molecule has 0 radical (unpaired) electrons.